The Balaban J connectivity index is 1.11. The first-order chi connectivity index (χ1) is 22.9. The maximum Gasteiger partial charge on any atom is 0.272 e. The zero-order valence-electron chi connectivity index (χ0n) is 25.9. The van der Waals surface area contributed by atoms with Gasteiger partial charge < -0.3 is 20.5 Å². The summed E-state index contributed by atoms with van der Waals surface area (Å²) in [6.07, 6.45) is 4.82. The van der Waals surface area contributed by atoms with Gasteiger partial charge in [0, 0.05) is 62.6 Å². The van der Waals surface area contributed by atoms with Crippen molar-refractivity contribution in [1.29, 1.82) is 0 Å². The van der Waals surface area contributed by atoms with Gasteiger partial charge in [-0.3, -0.25) is 19.4 Å². The van der Waals surface area contributed by atoms with E-state index in [2.05, 4.69) is 50.6 Å². The molecule has 0 saturated heterocycles. The SMILES string of the molecule is CCn1c2ccccc2c2cc(NC(=O)C(C)Sc3ccc(NC(=O)/C(=C/c4cccnc4)NC(=O)c4ccccc4)cc3)ccc21. The van der Waals surface area contributed by atoms with E-state index in [1.807, 2.05) is 49.4 Å². The fraction of sp³-hybridized carbons (Fsp3) is 0.105. The van der Waals surface area contributed by atoms with Crippen molar-refractivity contribution < 1.29 is 14.4 Å². The minimum atomic E-state index is -0.481. The largest absolute Gasteiger partial charge is 0.341 e. The van der Waals surface area contributed by atoms with Gasteiger partial charge in [-0.1, -0.05) is 42.5 Å². The number of thioether (sulfide) groups is 1. The first kappa shape index (κ1) is 31.3. The molecule has 0 aliphatic heterocycles. The van der Waals surface area contributed by atoms with Crippen LogP contribution >= 0.6 is 11.8 Å². The maximum absolute atomic E-state index is 13.3. The molecule has 3 amide bonds. The van der Waals surface area contributed by atoms with Crippen LogP contribution in [0, 0.1) is 0 Å². The first-order valence-corrected chi connectivity index (χ1v) is 16.2. The van der Waals surface area contributed by atoms with Crippen molar-refractivity contribution >= 4 is 68.7 Å². The van der Waals surface area contributed by atoms with Crippen molar-refractivity contribution in [1.82, 2.24) is 14.9 Å². The quantitative estimate of drug-likeness (QED) is 0.105. The lowest BCUT2D eigenvalue weighted by molar-refractivity contribution is -0.115. The Bertz CT molecular complexity index is 2090. The van der Waals surface area contributed by atoms with Gasteiger partial charge in [-0.2, -0.15) is 0 Å². The van der Waals surface area contributed by atoms with Crippen LogP contribution < -0.4 is 16.0 Å². The highest BCUT2D eigenvalue weighted by molar-refractivity contribution is 8.00. The van der Waals surface area contributed by atoms with Crippen molar-refractivity contribution in [3.05, 3.63) is 138 Å². The lowest BCUT2D eigenvalue weighted by Crippen LogP contribution is -2.30. The molecule has 0 saturated carbocycles. The summed E-state index contributed by atoms with van der Waals surface area (Å²) in [5.74, 6) is -0.988. The van der Waals surface area contributed by atoms with Gasteiger partial charge in [-0.25, -0.2) is 0 Å². The van der Waals surface area contributed by atoms with Crippen LogP contribution in [0.2, 0.25) is 0 Å². The highest BCUT2D eigenvalue weighted by atomic mass is 32.2. The van der Waals surface area contributed by atoms with E-state index < -0.39 is 11.8 Å². The van der Waals surface area contributed by atoms with Gasteiger partial charge >= 0.3 is 0 Å². The van der Waals surface area contributed by atoms with Crippen LogP contribution in [-0.2, 0) is 16.1 Å². The zero-order chi connectivity index (χ0) is 32.8. The fourth-order valence-corrected chi connectivity index (χ4v) is 6.23. The molecule has 2 heterocycles. The Morgan fingerprint density at radius 1 is 0.809 bits per heavy atom. The summed E-state index contributed by atoms with van der Waals surface area (Å²) in [5.41, 5.74) is 4.78. The third-order valence-electron chi connectivity index (χ3n) is 7.67. The van der Waals surface area contributed by atoms with Crippen LogP contribution in [-0.4, -0.2) is 32.5 Å². The highest BCUT2D eigenvalue weighted by Gasteiger charge is 2.18. The molecule has 2 aromatic heterocycles. The number of carbonyl (C=O) groups is 3. The van der Waals surface area contributed by atoms with Crippen LogP contribution in [0.25, 0.3) is 27.9 Å². The number of rotatable bonds is 10. The molecule has 0 radical (unpaired) electrons. The zero-order valence-corrected chi connectivity index (χ0v) is 26.8. The lowest BCUT2D eigenvalue weighted by Gasteiger charge is -2.14. The van der Waals surface area contributed by atoms with E-state index >= 15 is 0 Å². The molecule has 0 bridgehead atoms. The number of nitrogens with zero attached hydrogens (tertiary/aromatic N) is 2. The number of aromatic nitrogens is 2. The molecule has 0 fully saturated rings. The number of carbonyl (C=O) groups excluding carboxylic acids is 3. The Morgan fingerprint density at radius 3 is 2.28 bits per heavy atom. The van der Waals surface area contributed by atoms with Crippen LogP contribution in [0.3, 0.4) is 0 Å². The second-order valence-corrected chi connectivity index (χ2v) is 12.3. The van der Waals surface area contributed by atoms with E-state index in [4.69, 9.17) is 0 Å². The molecular weight excluding hydrogens is 607 g/mol. The molecule has 3 N–H and O–H groups in total. The van der Waals surface area contributed by atoms with Gasteiger partial charge in [0.05, 0.1) is 5.25 Å². The van der Waals surface area contributed by atoms with Gasteiger partial charge in [0.2, 0.25) is 5.91 Å². The van der Waals surface area contributed by atoms with Gasteiger partial charge in [-0.15, -0.1) is 11.8 Å². The number of amides is 3. The highest BCUT2D eigenvalue weighted by Crippen LogP contribution is 2.32. The predicted molar refractivity (Wildman–Crippen MR) is 190 cm³/mol. The van der Waals surface area contributed by atoms with Crippen molar-refractivity contribution in [2.24, 2.45) is 0 Å². The minimum absolute atomic E-state index is 0.0769. The van der Waals surface area contributed by atoms with Gasteiger partial charge in [0.1, 0.15) is 5.70 Å². The number of anilines is 2. The first-order valence-electron chi connectivity index (χ1n) is 15.3. The second-order valence-electron chi connectivity index (χ2n) is 10.9. The predicted octanol–water partition coefficient (Wildman–Crippen LogP) is 7.74. The number of pyridine rings is 1. The molecule has 0 spiro atoms. The molecule has 9 heteroatoms. The van der Waals surface area contributed by atoms with Crippen LogP contribution in [0.5, 0.6) is 0 Å². The molecule has 8 nitrogen and oxygen atoms in total. The average Bonchev–Trinajstić information content (AvgIpc) is 3.42. The van der Waals surface area contributed by atoms with E-state index in [-0.39, 0.29) is 16.9 Å². The molecule has 0 aliphatic rings. The third kappa shape index (κ3) is 7.26. The normalized spacial score (nSPS) is 12.1. The number of hydrogen-bond acceptors (Lipinski definition) is 5. The van der Waals surface area contributed by atoms with Crippen LogP contribution in [0.15, 0.2) is 132 Å². The molecule has 1 atom stereocenters. The number of hydrogen-bond donors (Lipinski definition) is 3. The number of benzene rings is 4. The van der Waals surface area contributed by atoms with Crippen molar-refractivity contribution in [2.45, 2.75) is 30.5 Å². The van der Waals surface area contributed by atoms with Gasteiger partial charge in [0.15, 0.2) is 0 Å². The standard InChI is InChI=1S/C38H33N5O3S/c1-3-43-34-14-8-7-13-31(34)32-23-29(17-20-35(32)43)41-36(44)25(2)47-30-18-15-28(16-19-30)40-38(46)33(22-26-10-9-21-39-24-26)42-37(45)27-11-5-4-6-12-27/h4-25H,3H2,1-2H3,(H,40,46)(H,41,44)(H,42,45)/b33-22-. The van der Waals surface area contributed by atoms with Gasteiger partial charge in [0.25, 0.3) is 11.8 Å². The summed E-state index contributed by atoms with van der Waals surface area (Å²) in [5, 5.41) is 10.6. The lowest BCUT2D eigenvalue weighted by atomic mass is 10.1. The summed E-state index contributed by atoms with van der Waals surface area (Å²) >= 11 is 1.42. The molecule has 234 valence electrons. The van der Waals surface area contributed by atoms with E-state index in [0.29, 0.717) is 16.8 Å². The molecule has 0 aliphatic carbocycles. The third-order valence-corrected chi connectivity index (χ3v) is 8.79. The summed E-state index contributed by atoms with van der Waals surface area (Å²) < 4.78 is 2.28. The summed E-state index contributed by atoms with van der Waals surface area (Å²) in [6.45, 7) is 4.85. The molecule has 4 aromatic carbocycles. The molecule has 6 rings (SSSR count). The Morgan fingerprint density at radius 2 is 1.53 bits per heavy atom. The minimum Gasteiger partial charge on any atom is -0.341 e. The molecular formula is C38H33N5O3S. The van der Waals surface area contributed by atoms with Crippen molar-refractivity contribution in [3.8, 4) is 0 Å². The van der Waals surface area contributed by atoms with Crippen LogP contribution in [0.1, 0.15) is 29.8 Å². The van der Waals surface area contributed by atoms with Crippen molar-refractivity contribution in [2.75, 3.05) is 10.6 Å². The van der Waals surface area contributed by atoms with E-state index in [1.54, 1.807) is 67.0 Å². The topological polar surface area (TPSA) is 105 Å². The number of nitrogens with one attached hydrogen (secondary N) is 3. The van der Waals surface area contributed by atoms with Crippen molar-refractivity contribution in [3.63, 3.8) is 0 Å². The van der Waals surface area contributed by atoms with E-state index in [9.17, 15) is 14.4 Å². The smallest absolute Gasteiger partial charge is 0.272 e. The van der Waals surface area contributed by atoms with E-state index in [1.165, 1.54) is 17.3 Å². The fourth-order valence-electron chi connectivity index (χ4n) is 5.36. The molecule has 1 unspecified atom stereocenters. The number of para-hydroxylation sites is 1. The van der Waals surface area contributed by atoms with E-state index in [0.717, 1.165) is 33.4 Å². The second kappa shape index (κ2) is 14.2. The maximum atomic E-state index is 13.3. The van der Waals surface area contributed by atoms with Crippen LogP contribution in [0.4, 0.5) is 11.4 Å². The Kier molecular flexibility index (Phi) is 9.45. The Labute approximate surface area is 276 Å². The average molecular weight is 640 g/mol. The Hall–Kier alpha value is -5.67. The number of aryl methyl sites for hydroxylation is 1. The number of fused-ring (bicyclic) bond motifs is 3. The monoisotopic (exact) mass is 639 g/mol. The summed E-state index contributed by atoms with van der Waals surface area (Å²) in [4.78, 5) is 44.3. The molecule has 6 aromatic rings. The molecule has 47 heavy (non-hydrogen) atoms. The summed E-state index contributed by atoms with van der Waals surface area (Å²) in [7, 11) is 0. The summed E-state index contributed by atoms with van der Waals surface area (Å²) in [6, 6.07) is 33.8. The van der Waals surface area contributed by atoms with Gasteiger partial charge in [-0.05, 0) is 92.2 Å².